The van der Waals surface area contributed by atoms with Gasteiger partial charge in [0.05, 0.1) is 5.56 Å². The summed E-state index contributed by atoms with van der Waals surface area (Å²) >= 11 is 3.33. The third-order valence-corrected chi connectivity index (χ3v) is 2.26. The standard InChI is InChI=1S/C9H8BrN3O/c1-5-12-9(14-13-5)7-3-2-6(10)4-8(7)11/h2-4H,11H2,1H3. The summed E-state index contributed by atoms with van der Waals surface area (Å²) < 4.78 is 5.94. The van der Waals surface area contributed by atoms with Crippen molar-refractivity contribution in [2.75, 3.05) is 5.73 Å². The molecule has 1 aromatic carbocycles. The van der Waals surface area contributed by atoms with Gasteiger partial charge in [0, 0.05) is 10.2 Å². The molecule has 2 N–H and O–H groups in total. The first kappa shape index (κ1) is 9.21. The van der Waals surface area contributed by atoms with Gasteiger partial charge in [-0.1, -0.05) is 21.1 Å². The third-order valence-electron chi connectivity index (χ3n) is 1.77. The molecule has 0 radical (unpaired) electrons. The van der Waals surface area contributed by atoms with Gasteiger partial charge >= 0.3 is 0 Å². The molecule has 72 valence electrons. The Balaban J connectivity index is 2.52. The number of rotatable bonds is 1. The number of nitrogens with two attached hydrogens (primary N) is 1. The van der Waals surface area contributed by atoms with E-state index in [0.717, 1.165) is 10.0 Å². The Morgan fingerprint density at radius 3 is 2.79 bits per heavy atom. The van der Waals surface area contributed by atoms with Crippen LogP contribution in [0.5, 0.6) is 0 Å². The summed E-state index contributed by atoms with van der Waals surface area (Å²) in [5, 5.41) is 3.70. The minimum atomic E-state index is 0.451. The van der Waals surface area contributed by atoms with Gasteiger partial charge in [-0.05, 0) is 25.1 Å². The number of halogens is 1. The molecule has 5 heteroatoms. The van der Waals surface area contributed by atoms with Gasteiger partial charge < -0.3 is 10.3 Å². The smallest absolute Gasteiger partial charge is 0.260 e. The van der Waals surface area contributed by atoms with E-state index in [1.54, 1.807) is 13.0 Å². The van der Waals surface area contributed by atoms with Crippen molar-refractivity contribution in [1.82, 2.24) is 10.1 Å². The lowest BCUT2D eigenvalue weighted by Gasteiger charge is -1.99. The molecule has 0 amide bonds. The summed E-state index contributed by atoms with van der Waals surface area (Å²) in [5.74, 6) is 1.05. The molecule has 1 heterocycles. The Morgan fingerprint density at radius 2 is 2.21 bits per heavy atom. The average Bonchev–Trinajstić information content (AvgIpc) is 2.51. The molecule has 1 aromatic heterocycles. The molecule has 0 unspecified atom stereocenters. The fourth-order valence-corrected chi connectivity index (χ4v) is 1.51. The Labute approximate surface area is 89.2 Å². The number of nitrogens with zero attached hydrogens (tertiary/aromatic N) is 2. The van der Waals surface area contributed by atoms with E-state index in [2.05, 4.69) is 26.1 Å². The van der Waals surface area contributed by atoms with Crippen LogP contribution >= 0.6 is 15.9 Å². The minimum Gasteiger partial charge on any atom is -0.398 e. The molecule has 0 atom stereocenters. The molecule has 0 bridgehead atoms. The molecule has 0 fully saturated rings. The highest BCUT2D eigenvalue weighted by molar-refractivity contribution is 9.10. The van der Waals surface area contributed by atoms with Gasteiger partial charge in [0.15, 0.2) is 5.82 Å². The van der Waals surface area contributed by atoms with Crippen molar-refractivity contribution in [3.63, 3.8) is 0 Å². The van der Waals surface area contributed by atoms with Crippen molar-refractivity contribution in [2.24, 2.45) is 0 Å². The van der Waals surface area contributed by atoms with E-state index in [0.29, 0.717) is 17.4 Å². The highest BCUT2D eigenvalue weighted by atomic mass is 79.9. The molecular formula is C9H8BrN3O. The summed E-state index contributed by atoms with van der Waals surface area (Å²) in [5.41, 5.74) is 7.18. The van der Waals surface area contributed by atoms with E-state index in [1.807, 2.05) is 12.1 Å². The first-order valence-corrected chi connectivity index (χ1v) is 4.82. The third kappa shape index (κ3) is 1.63. The molecule has 0 saturated heterocycles. The van der Waals surface area contributed by atoms with Crippen molar-refractivity contribution in [2.45, 2.75) is 6.92 Å². The summed E-state index contributed by atoms with van der Waals surface area (Å²) in [6.07, 6.45) is 0. The number of anilines is 1. The number of hydrogen-bond acceptors (Lipinski definition) is 4. The molecule has 0 aliphatic rings. The van der Waals surface area contributed by atoms with Gasteiger partial charge in [0.2, 0.25) is 0 Å². The predicted octanol–water partition coefficient (Wildman–Crippen LogP) is 2.39. The van der Waals surface area contributed by atoms with Crippen LogP contribution in [0.2, 0.25) is 0 Å². The van der Waals surface area contributed by atoms with Crippen molar-refractivity contribution in [3.8, 4) is 11.5 Å². The van der Waals surface area contributed by atoms with Crippen LogP contribution in [0, 0.1) is 6.92 Å². The van der Waals surface area contributed by atoms with Crippen molar-refractivity contribution in [3.05, 3.63) is 28.5 Å². The first-order valence-electron chi connectivity index (χ1n) is 4.02. The van der Waals surface area contributed by atoms with Crippen LogP contribution in [0.15, 0.2) is 27.2 Å². The zero-order valence-electron chi connectivity index (χ0n) is 7.49. The summed E-state index contributed by atoms with van der Waals surface area (Å²) in [4.78, 5) is 4.10. The van der Waals surface area contributed by atoms with Crippen LogP contribution in [0.25, 0.3) is 11.5 Å². The normalized spacial score (nSPS) is 10.4. The van der Waals surface area contributed by atoms with E-state index in [9.17, 15) is 0 Å². The molecule has 4 nitrogen and oxygen atoms in total. The molecule has 14 heavy (non-hydrogen) atoms. The minimum absolute atomic E-state index is 0.451. The molecule has 0 aliphatic heterocycles. The number of aromatic nitrogens is 2. The lowest BCUT2D eigenvalue weighted by atomic mass is 10.2. The monoisotopic (exact) mass is 253 g/mol. The van der Waals surface area contributed by atoms with Gasteiger partial charge in [-0.2, -0.15) is 4.98 Å². The van der Waals surface area contributed by atoms with Crippen LogP contribution in [-0.2, 0) is 0 Å². The van der Waals surface area contributed by atoms with E-state index in [1.165, 1.54) is 0 Å². The second-order valence-corrected chi connectivity index (χ2v) is 3.79. The Hall–Kier alpha value is -1.36. The number of hydrogen-bond donors (Lipinski definition) is 1. The van der Waals surface area contributed by atoms with Crippen molar-refractivity contribution >= 4 is 21.6 Å². The molecule has 2 aromatic rings. The second kappa shape index (κ2) is 3.42. The van der Waals surface area contributed by atoms with E-state index in [4.69, 9.17) is 10.3 Å². The van der Waals surface area contributed by atoms with Crippen LogP contribution in [-0.4, -0.2) is 10.1 Å². The van der Waals surface area contributed by atoms with Gasteiger partial charge in [-0.3, -0.25) is 0 Å². The zero-order valence-corrected chi connectivity index (χ0v) is 9.08. The summed E-state index contributed by atoms with van der Waals surface area (Å²) in [7, 11) is 0. The maximum absolute atomic E-state index is 5.80. The van der Waals surface area contributed by atoms with E-state index < -0.39 is 0 Å². The molecule has 0 spiro atoms. The van der Waals surface area contributed by atoms with E-state index >= 15 is 0 Å². The topological polar surface area (TPSA) is 64.9 Å². The average molecular weight is 254 g/mol. The quantitative estimate of drug-likeness (QED) is 0.793. The zero-order chi connectivity index (χ0) is 10.1. The number of benzene rings is 1. The maximum Gasteiger partial charge on any atom is 0.260 e. The Kier molecular flexibility index (Phi) is 2.25. The number of nitrogen functional groups attached to an aromatic ring is 1. The van der Waals surface area contributed by atoms with Gasteiger partial charge in [0.1, 0.15) is 0 Å². The molecule has 0 saturated carbocycles. The maximum atomic E-state index is 5.80. The predicted molar refractivity (Wildman–Crippen MR) is 56.6 cm³/mol. The summed E-state index contributed by atoms with van der Waals surface area (Å²) in [6, 6.07) is 5.52. The highest BCUT2D eigenvalue weighted by Gasteiger charge is 2.09. The van der Waals surface area contributed by atoms with Crippen LogP contribution in [0.3, 0.4) is 0 Å². The Morgan fingerprint density at radius 1 is 1.43 bits per heavy atom. The van der Waals surface area contributed by atoms with Gasteiger partial charge in [0.25, 0.3) is 5.89 Å². The van der Waals surface area contributed by atoms with Gasteiger partial charge in [-0.15, -0.1) is 0 Å². The van der Waals surface area contributed by atoms with Crippen LogP contribution in [0.1, 0.15) is 5.82 Å². The lowest BCUT2D eigenvalue weighted by Crippen LogP contribution is -1.89. The first-order chi connectivity index (χ1) is 6.66. The van der Waals surface area contributed by atoms with Crippen LogP contribution < -0.4 is 5.73 Å². The highest BCUT2D eigenvalue weighted by Crippen LogP contribution is 2.26. The molecule has 2 rings (SSSR count). The van der Waals surface area contributed by atoms with Crippen molar-refractivity contribution < 1.29 is 4.52 Å². The fraction of sp³-hybridized carbons (Fsp3) is 0.111. The number of aryl methyl sites for hydroxylation is 1. The van der Waals surface area contributed by atoms with E-state index in [-0.39, 0.29) is 0 Å². The molecule has 0 aliphatic carbocycles. The SMILES string of the molecule is Cc1noc(-c2ccc(Br)cc2N)n1. The second-order valence-electron chi connectivity index (χ2n) is 2.88. The van der Waals surface area contributed by atoms with Crippen molar-refractivity contribution in [1.29, 1.82) is 0 Å². The summed E-state index contributed by atoms with van der Waals surface area (Å²) in [6.45, 7) is 1.77. The fourth-order valence-electron chi connectivity index (χ4n) is 1.13. The van der Waals surface area contributed by atoms with Crippen LogP contribution in [0.4, 0.5) is 5.69 Å². The van der Waals surface area contributed by atoms with Gasteiger partial charge in [-0.25, -0.2) is 0 Å². The Bertz CT molecular complexity index is 467. The largest absolute Gasteiger partial charge is 0.398 e. The lowest BCUT2D eigenvalue weighted by molar-refractivity contribution is 0.426. The molecular weight excluding hydrogens is 246 g/mol.